The Bertz CT molecular complexity index is 526. The molecule has 0 spiro atoms. The molecule has 0 atom stereocenters. The Morgan fingerprint density at radius 2 is 2.19 bits per heavy atom. The van der Waals surface area contributed by atoms with Gasteiger partial charge in [-0.05, 0) is 41.8 Å². The number of pyridine rings is 1. The maximum absolute atomic E-state index is 12.0. The highest BCUT2D eigenvalue weighted by Gasteiger charge is 2.41. The highest BCUT2D eigenvalue weighted by Crippen LogP contribution is 2.36. The average molecular weight is 306 g/mol. The number of rotatable bonds is 3. The molecule has 2 rings (SSSR count). The second-order valence-corrected chi connectivity index (χ2v) is 6.77. The van der Waals surface area contributed by atoms with Crippen molar-refractivity contribution in [2.75, 3.05) is 5.73 Å². The van der Waals surface area contributed by atoms with Crippen LogP contribution in [0.25, 0.3) is 0 Å². The molecule has 1 heterocycles. The molecule has 7 heteroatoms. The summed E-state index contributed by atoms with van der Waals surface area (Å²) < 4.78 is 27.2. The van der Waals surface area contributed by atoms with E-state index in [1.54, 1.807) is 0 Å². The highest BCUT2D eigenvalue weighted by atomic mass is 79.9. The molecule has 3 N–H and O–H groups in total. The average Bonchev–Trinajstić information content (AvgIpc) is 2.86. The van der Waals surface area contributed by atoms with Gasteiger partial charge in [0.1, 0.15) is 10.7 Å². The van der Waals surface area contributed by atoms with E-state index in [4.69, 9.17) is 5.73 Å². The minimum Gasteiger partial charge on any atom is -0.383 e. The molecule has 88 valence electrons. The fourth-order valence-electron chi connectivity index (χ4n) is 1.32. The van der Waals surface area contributed by atoms with Crippen LogP contribution in [0.2, 0.25) is 0 Å². The standard InChI is InChI=1S/C9H12BrN3O2S/c1-9(2-3-9)13-16(14,15)7-4-6(10)5-12-8(7)11/h4-5,13H,2-3H2,1H3,(H2,11,12). The lowest BCUT2D eigenvalue weighted by molar-refractivity contribution is 0.558. The van der Waals surface area contributed by atoms with Crippen molar-refractivity contribution in [1.82, 2.24) is 9.71 Å². The zero-order valence-electron chi connectivity index (χ0n) is 8.70. The summed E-state index contributed by atoms with van der Waals surface area (Å²) in [4.78, 5) is 3.83. The first-order valence-corrected chi connectivity index (χ1v) is 7.05. The van der Waals surface area contributed by atoms with Gasteiger partial charge in [0.25, 0.3) is 0 Å². The molecule has 1 aromatic heterocycles. The molecule has 1 aromatic rings. The fraction of sp³-hybridized carbons (Fsp3) is 0.444. The van der Waals surface area contributed by atoms with E-state index in [9.17, 15) is 8.42 Å². The van der Waals surface area contributed by atoms with E-state index in [1.807, 2.05) is 6.92 Å². The van der Waals surface area contributed by atoms with E-state index >= 15 is 0 Å². The summed E-state index contributed by atoms with van der Waals surface area (Å²) in [6, 6.07) is 1.45. The van der Waals surface area contributed by atoms with E-state index in [-0.39, 0.29) is 16.3 Å². The minimum atomic E-state index is -3.58. The second kappa shape index (κ2) is 3.68. The molecular formula is C9H12BrN3O2S. The Labute approximate surface area is 103 Å². The van der Waals surface area contributed by atoms with Crippen molar-refractivity contribution in [3.8, 4) is 0 Å². The Kier molecular flexibility index (Phi) is 2.72. The van der Waals surface area contributed by atoms with E-state index in [0.717, 1.165) is 12.8 Å². The van der Waals surface area contributed by atoms with Crippen molar-refractivity contribution in [3.63, 3.8) is 0 Å². The third-order valence-electron chi connectivity index (χ3n) is 2.52. The predicted molar refractivity (Wildman–Crippen MR) is 64.3 cm³/mol. The maximum Gasteiger partial charge on any atom is 0.244 e. The van der Waals surface area contributed by atoms with Crippen molar-refractivity contribution >= 4 is 31.8 Å². The van der Waals surface area contributed by atoms with Crippen molar-refractivity contribution in [3.05, 3.63) is 16.7 Å². The van der Waals surface area contributed by atoms with Gasteiger partial charge in [-0.25, -0.2) is 18.1 Å². The number of sulfonamides is 1. The van der Waals surface area contributed by atoms with Crippen LogP contribution < -0.4 is 10.5 Å². The zero-order valence-corrected chi connectivity index (χ0v) is 11.1. The first-order chi connectivity index (χ1) is 7.32. The monoisotopic (exact) mass is 305 g/mol. The summed E-state index contributed by atoms with van der Waals surface area (Å²) in [5.41, 5.74) is 5.25. The number of aromatic nitrogens is 1. The molecule has 0 bridgehead atoms. The molecule has 0 aromatic carbocycles. The number of nitrogen functional groups attached to an aromatic ring is 1. The molecule has 1 fully saturated rings. The number of hydrogen-bond donors (Lipinski definition) is 2. The van der Waals surface area contributed by atoms with E-state index in [1.165, 1.54) is 12.3 Å². The molecule has 0 saturated heterocycles. The SMILES string of the molecule is CC1(NS(=O)(=O)c2cc(Br)cnc2N)CC1. The largest absolute Gasteiger partial charge is 0.383 e. The summed E-state index contributed by atoms with van der Waals surface area (Å²) in [5, 5.41) is 0. The Hall–Kier alpha value is -0.660. The number of anilines is 1. The number of nitrogens with zero attached hydrogens (tertiary/aromatic N) is 1. The molecule has 5 nitrogen and oxygen atoms in total. The maximum atomic E-state index is 12.0. The molecule has 0 unspecified atom stereocenters. The Balaban J connectivity index is 2.38. The van der Waals surface area contributed by atoms with Gasteiger partial charge in [-0.1, -0.05) is 0 Å². The van der Waals surface area contributed by atoms with E-state index < -0.39 is 10.0 Å². The van der Waals surface area contributed by atoms with Gasteiger partial charge in [0.05, 0.1) is 0 Å². The van der Waals surface area contributed by atoms with Gasteiger partial charge in [-0.2, -0.15) is 0 Å². The van der Waals surface area contributed by atoms with Crippen molar-refractivity contribution in [1.29, 1.82) is 0 Å². The number of hydrogen-bond acceptors (Lipinski definition) is 4. The van der Waals surface area contributed by atoms with Gasteiger partial charge in [0, 0.05) is 16.2 Å². The minimum absolute atomic E-state index is 0.0138. The van der Waals surface area contributed by atoms with Gasteiger partial charge < -0.3 is 5.73 Å². The lowest BCUT2D eigenvalue weighted by atomic mass is 10.4. The normalized spacial score (nSPS) is 18.4. The lowest BCUT2D eigenvalue weighted by Gasteiger charge is -2.13. The molecule has 0 amide bonds. The number of halogens is 1. The van der Waals surface area contributed by atoms with Gasteiger partial charge in [0.15, 0.2) is 0 Å². The van der Waals surface area contributed by atoms with Crippen molar-refractivity contribution in [2.24, 2.45) is 0 Å². The number of nitrogens with two attached hydrogens (primary N) is 1. The van der Waals surface area contributed by atoms with Crippen LogP contribution in [-0.2, 0) is 10.0 Å². The van der Waals surface area contributed by atoms with Crippen LogP contribution in [0.3, 0.4) is 0 Å². The quantitative estimate of drug-likeness (QED) is 0.880. The molecule has 16 heavy (non-hydrogen) atoms. The zero-order chi connectivity index (χ0) is 12.0. The first-order valence-electron chi connectivity index (χ1n) is 4.77. The fourth-order valence-corrected chi connectivity index (χ4v) is 3.37. The summed E-state index contributed by atoms with van der Waals surface area (Å²) in [7, 11) is -3.58. The van der Waals surface area contributed by atoms with Gasteiger partial charge >= 0.3 is 0 Å². The molecular weight excluding hydrogens is 294 g/mol. The topological polar surface area (TPSA) is 85.1 Å². The van der Waals surface area contributed by atoms with Crippen LogP contribution in [0.15, 0.2) is 21.6 Å². The molecule has 1 saturated carbocycles. The van der Waals surface area contributed by atoms with Crippen LogP contribution in [0.1, 0.15) is 19.8 Å². The van der Waals surface area contributed by atoms with Crippen LogP contribution in [0, 0.1) is 0 Å². The first kappa shape index (κ1) is 11.8. The Morgan fingerprint density at radius 3 is 2.75 bits per heavy atom. The van der Waals surface area contributed by atoms with Gasteiger partial charge in [-0.15, -0.1) is 0 Å². The third-order valence-corrected chi connectivity index (χ3v) is 4.62. The van der Waals surface area contributed by atoms with Crippen molar-refractivity contribution < 1.29 is 8.42 Å². The van der Waals surface area contributed by atoms with E-state index in [0.29, 0.717) is 4.47 Å². The number of nitrogens with one attached hydrogen (secondary N) is 1. The lowest BCUT2D eigenvalue weighted by Crippen LogP contribution is -2.34. The highest BCUT2D eigenvalue weighted by molar-refractivity contribution is 9.10. The molecule has 0 radical (unpaired) electrons. The van der Waals surface area contributed by atoms with Crippen LogP contribution in [0.5, 0.6) is 0 Å². The summed E-state index contributed by atoms with van der Waals surface area (Å²) in [6.45, 7) is 1.87. The molecule has 1 aliphatic rings. The second-order valence-electron chi connectivity index (χ2n) is 4.20. The molecule has 0 aliphatic heterocycles. The smallest absolute Gasteiger partial charge is 0.244 e. The third kappa shape index (κ3) is 2.36. The summed E-state index contributed by atoms with van der Waals surface area (Å²) in [6.07, 6.45) is 3.17. The van der Waals surface area contributed by atoms with Crippen LogP contribution in [-0.4, -0.2) is 18.9 Å². The summed E-state index contributed by atoms with van der Waals surface area (Å²) >= 11 is 3.17. The summed E-state index contributed by atoms with van der Waals surface area (Å²) in [5.74, 6) is 0.0138. The van der Waals surface area contributed by atoms with Crippen LogP contribution >= 0.6 is 15.9 Å². The van der Waals surface area contributed by atoms with Gasteiger partial charge in [-0.3, -0.25) is 0 Å². The van der Waals surface area contributed by atoms with Crippen molar-refractivity contribution in [2.45, 2.75) is 30.2 Å². The van der Waals surface area contributed by atoms with Crippen LogP contribution in [0.4, 0.5) is 5.82 Å². The Morgan fingerprint density at radius 1 is 1.56 bits per heavy atom. The van der Waals surface area contributed by atoms with E-state index in [2.05, 4.69) is 25.6 Å². The molecule has 1 aliphatic carbocycles. The predicted octanol–water partition coefficient (Wildman–Crippen LogP) is 1.26. The van der Waals surface area contributed by atoms with Gasteiger partial charge in [0.2, 0.25) is 10.0 Å².